The van der Waals surface area contributed by atoms with Gasteiger partial charge in [0.05, 0.1) is 6.54 Å². The van der Waals surface area contributed by atoms with E-state index in [0.29, 0.717) is 0 Å². The Bertz CT molecular complexity index is 622. The molecule has 0 spiro atoms. The smallest absolute Gasteiger partial charge is 0.244 e. The lowest BCUT2D eigenvalue weighted by Crippen LogP contribution is -2.45. The van der Waals surface area contributed by atoms with Crippen molar-refractivity contribution in [2.75, 3.05) is 24.5 Å². The van der Waals surface area contributed by atoms with Crippen LogP contribution in [0.1, 0.15) is 52.0 Å². The Morgan fingerprint density at radius 1 is 1.04 bits per heavy atom. The SMILES string of the molecule is CC(C)(C)NC(=O)CNC(=O)/C=C/c1ccc(N2CCCCCC2)cc1. The summed E-state index contributed by atoms with van der Waals surface area (Å²) in [6.45, 7) is 7.93. The van der Waals surface area contributed by atoms with Gasteiger partial charge in [-0.25, -0.2) is 0 Å². The summed E-state index contributed by atoms with van der Waals surface area (Å²) in [6, 6.07) is 8.27. The van der Waals surface area contributed by atoms with Crippen LogP contribution in [0.3, 0.4) is 0 Å². The maximum absolute atomic E-state index is 11.9. The van der Waals surface area contributed by atoms with Crippen LogP contribution in [0.15, 0.2) is 30.3 Å². The van der Waals surface area contributed by atoms with E-state index in [1.807, 2.05) is 32.9 Å². The van der Waals surface area contributed by atoms with E-state index in [0.717, 1.165) is 18.7 Å². The van der Waals surface area contributed by atoms with Crippen molar-refractivity contribution >= 4 is 23.6 Å². The van der Waals surface area contributed by atoms with Gasteiger partial charge in [0, 0.05) is 30.4 Å². The fourth-order valence-corrected chi connectivity index (χ4v) is 2.99. The summed E-state index contributed by atoms with van der Waals surface area (Å²) in [5.41, 5.74) is 1.91. The lowest BCUT2D eigenvalue weighted by molar-refractivity contribution is -0.124. The van der Waals surface area contributed by atoms with Crippen molar-refractivity contribution in [3.05, 3.63) is 35.9 Å². The second-order valence-corrected chi connectivity index (χ2v) is 7.84. The Balaban J connectivity index is 1.82. The van der Waals surface area contributed by atoms with Crippen molar-refractivity contribution in [2.24, 2.45) is 0 Å². The van der Waals surface area contributed by atoms with Gasteiger partial charge in [-0.05, 0) is 57.4 Å². The molecule has 2 N–H and O–H groups in total. The summed E-state index contributed by atoms with van der Waals surface area (Å²) >= 11 is 0. The molecule has 2 amide bonds. The zero-order valence-electron chi connectivity index (χ0n) is 16.2. The predicted molar refractivity (Wildman–Crippen MR) is 107 cm³/mol. The molecule has 0 bridgehead atoms. The number of nitrogens with one attached hydrogen (secondary N) is 2. The minimum absolute atomic E-state index is 0.0195. The Morgan fingerprint density at radius 2 is 1.65 bits per heavy atom. The van der Waals surface area contributed by atoms with E-state index in [1.165, 1.54) is 37.4 Å². The third kappa shape index (κ3) is 7.30. The number of hydrogen-bond acceptors (Lipinski definition) is 3. The van der Waals surface area contributed by atoms with Crippen LogP contribution in [0, 0.1) is 0 Å². The molecule has 5 heteroatoms. The van der Waals surface area contributed by atoms with Crippen LogP contribution in [0.4, 0.5) is 5.69 Å². The number of rotatable bonds is 5. The van der Waals surface area contributed by atoms with E-state index in [9.17, 15) is 9.59 Å². The predicted octanol–water partition coefficient (Wildman–Crippen LogP) is 3.11. The van der Waals surface area contributed by atoms with E-state index in [2.05, 4.69) is 27.7 Å². The highest BCUT2D eigenvalue weighted by Gasteiger charge is 2.13. The first-order valence-electron chi connectivity index (χ1n) is 9.45. The van der Waals surface area contributed by atoms with Gasteiger partial charge in [0.2, 0.25) is 11.8 Å². The molecule has 1 aromatic carbocycles. The number of carbonyl (C=O) groups excluding carboxylic acids is 2. The van der Waals surface area contributed by atoms with Crippen molar-refractivity contribution in [2.45, 2.75) is 52.0 Å². The van der Waals surface area contributed by atoms with Crippen molar-refractivity contribution < 1.29 is 9.59 Å². The number of carbonyl (C=O) groups is 2. The molecule has 5 nitrogen and oxygen atoms in total. The van der Waals surface area contributed by atoms with E-state index < -0.39 is 0 Å². The summed E-state index contributed by atoms with van der Waals surface area (Å²) < 4.78 is 0. The highest BCUT2D eigenvalue weighted by Crippen LogP contribution is 2.20. The molecule has 1 saturated heterocycles. The number of hydrogen-bond donors (Lipinski definition) is 2. The average Bonchev–Trinajstić information content (AvgIpc) is 2.86. The third-order valence-corrected chi connectivity index (χ3v) is 4.23. The molecular formula is C21H31N3O2. The highest BCUT2D eigenvalue weighted by molar-refractivity contribution is 5.94. The normalized spacial score (nSPS) is 15.6. The molecule has 1 fully saturated rings. The minimum atomic E-state index is -0.299. The Morgan fingerprint density at radius 3 is 2.23 bits per heavy atom. The number of nitrogens with zero attached hydrogens (tertiary/aromatic N) is 1. The van der Waals surface area contributed by atoms with Gasteiger partial charge in [0.15, 0.2) is 0 Å². The van der Waals surface area contributed by atoms with E-state index in [-0.39, 0.29) is 23.9 Å². The molecular weight excluding hydrogens is 326 g/mol. The topological polar surface area (TPSA) is 61.4 Å². The van der Waals surface area contributed by atoms with Gasteiger partial charge in [-0.3, -0.25) is 9.59 Å². The molecule has 0 unspecified atom stereocenters. The lowest BCUT2D eigenvalue weighted by Gasteiger charge is -2.22. The molecule has 0 saturated carbocycles. The number of anilines is 1. The summed E-state index contributed by atoms with van der Waals surface area (Å²) in [4.78, 5) is 26.0. The highest BCUT2D eigenvalue weighted by atomic mass is 16.2. The summed E-state index contributed by atoms with van der Waals surface area (Å²) in [5.74, 6) is -0.466. The monoisotopic (exact) mass is 357 g/mol. The van der Waals surface area contributed by atoms with Gasteiger partial charge in [-0.15, -0.1) is 0 Å². The molecule has 1 aromatic rings. The molecule has 1 heterocycles. The lowest BCUT2D eigenvalue weighted by atomic mass is 10.1. The molecule has 0 atom stereocenters. The van der Waals surface area contributed by atoms with Crippen LogP contribution in [-0.2, 0) is 9.59 Å². The van der Waals surface area contributed by atoms with E-state index in [4.69, 9.17) is 0 Å². The first kappa shape index (κ1) is 20.0. The van der Waals surface area contributed by atoms with Crippen molar-refractivity contribution in [1.29, 1.82) is 0 Å². The molecule has 2 rings (SSSR count). The molecule has 1 aliphatic heterocycles. The zero-order chi connectivity index (χ0) is 19.0. The second-order valence-electron chi connectivity index (χ2n) is 7.84. The van der Waals surface area contributed by atoms with Gasteiger partial charge >= 0.3 is 0 Å². The number of benzene rings is 1. The average molecular weight is 357 g/mol. The minimum Gasteiger partial charge on any atom is -0.372 e. The van der Waals surface area contributed by atoms with Gasteiger partial charge in [0.1, 0.15) is 0 Å². The summed E-state index contributed by atoms with van der Waals surface area (Å²) in [7, 11) is 0. The third-order valence-electron chi connectivity index (χ3n) is 4.23. The van der Waals surface area contributed by atoms with Gasteiger partial charge in [-0.1, -0.05) is 25.0 Å². The van der Waals surface area contributed by atoms with Gasteiger partial charge < -0.3 is 15.5 Å². The Labute approximate surface area is 156 Å². The largest absolute Gasteiger partial charge is 0.372 e. The van der Waals surface area contributed by atoms with E-state index in [1.54, 1.807) is 6.08 Å². The van der Waals surface area contributed by atoms with Crippen molar-refractivity contribution in [3.63, 3.8) is 0 Å². The molecule has 0 aromatic heterocycles. The van der Waals surface area contributed by atoms with Crippen molar-refractivity contribution in [3.8, 4) is 0 Å². The van der Waals surface area contributed by atoms with E-state index >= 15 is 0 Å². The quantitative estimate of drug-likeness (QED) is 0.796. The van der Waals surface area contributed by atoms with Crippen LogP contribution >= 0.6 is 0 Å². The molecule has 0 radical (unpaired) electrons. The molecule has 0 aliphatic carbocycles. The van der Waals surface area contributed by atoms with Gasteiger partial charge in [0.25, 0.3) is 0 Å². The van der Waals surface area contributed by atoms with Crippen LogP contribution in [0.5, 0.6) is 0 Å². The fourth-order valence-electron chi connectivity index (χ4n) is 2.99. The molecule has 1 aliphatic rings. The molecule has 26 heavy (non-hydrogen) atoms. The fraction of sp³-hybridized carbons (Fsp3) is 0.524. The first-order valence-corrected chi connectivity index (χ1v) is 9.45. The number of amides is 2. The maximum Gasteiger partial charge on any atom is 0.244 e. The van der Waals surface area contributed by atoms with Gasteiger partial charge in [-0.2, -0.15) is 0 Å². The Hall–Kier alpha value is -2.30. The maximum atomic E-state index is 11.9. The van der Waals surface area contributed by atoms with Crippen molar-refractivity contribution in [1.82, 2.24) is 10.6 Å². The van der Waals surface area contributed by atoms with Crippen LogP contribution in [-0.4, -0.2) is 37.0 Å². The summed E-state index contributed by atoms with van der Waals surface area (Å²) in [6.07, 6.45) is 8.38. The van der Waals surface area contributed by atoms with Crippen LogP contribution < -0.4 is 15.5 Å². The Kier molecular flexibility index (Phi) is 7.25. The molecule has 142 valence electrons. The summed E-state index contributed by atoms with van der Waals surface area (Å²) in [5, 5.41) is 5.41. The zero-order valence-corrected chi connectivity index (χ0v) is 16.2. The van der Waals surface area contributed by atoms with Crippen LogP contribution in [0.2, 0.25) is 0 Å². The first-order chi connectivity index (χ1) is 12.3. The second kappa shape index (κ2) is 9.41. The van der Waals surface area contributed by atoms with Crippen LogP contribution in [0.25, 0.3) is 6.08 Å². The standard InChI is InChI=1S/C21H31N3O2/c1-21(2,3)23-20(26)16-22-19(25)13-10-17-8-11-18(12-9-17)24-14-6-4-5-7-15-24/h8-13H,4-7,14-16H2,1-3H3,(H,22,25)(H,23,26)/b13-10+.